The van der Waals surface area contributed by atoms with E-state index in [2.05, 4.69) is 9.97 Å². The van der Waals surface area contributed by atoms with Gasteiger partial charge in [0, 0.05) is 17.0 Å². The lowest BCUT2D eigenvalue weighted by atomic mass is 10.1. The molecule has 0 atom stereocenters. The molecule has 8 nitrogen and oxygen atoms in total. The highest BCUT2D eigenvalue weighted by molar-refractivity contribution is 7.99. The van der Waals surface area contributed by atoms with Crippen molar-refractivity contribution in [2.24, 2.45) is 0 Å². The van der Waals surface area contributed by atoms with Crippen LogP contribution >= 0.6 is 11.8 Å². The van der Waals surface area contributed by atoms with Crippen molar-refractivity contribution in [1.29, 1.82) is 0 Å². The van der Waals surface area contributed by atoms with Gasteiger partial charge in [0.25, 0.3) is 11.2 Å². The predicted molar refractivity (Wildman–Crippen MR) is 76.5 cm³/mol. The summed E-state index contributed by atoms with van der Waals surface area (Å²) in [6.07, 6.45) is 0. The summed E-state index contributed by atoms with van der Waals surface area (Å²) in [5.74, 6) is -0.354. The highest BCUT2D eigenvalue weighted by atomic mass is 32.2. The summed E-state index contributed by atoms with van der Waals surface area (Å²) in [6, 6.07) is 5.23. The standard InChI is InChI=1S/C12H10N4O4S/c1-6(17)8-4-7(2-3-9(8)16(19)20)21-12-14-10(13)5-11(18)15-12/h2-5H,1H3,(H3,13,14,15,18). The molecule has 2 aromatic rings. The molecule has 0 saturated heterocycles. The van der Waals surface area contributed by atoms with E-state index in [0.29, 0.717) is 4.90 Å². The Hall–Kier alpha value is -2.68. The van der Waals surface area contributed by atoms with E-state index < -0.39 is 16.3 Å². The van der Waals surface area contributed by atoms with Crippen LogP contribution in [0, 0.1) is 10.1 Å². The zero-order valence-electron chi connectivity index (χ0n) is 10.8. The second-order valence-electron chi connectivity index (χ2n) is 4.07. The first-order valence-corrected chi connectivity index (χ1v) is 6.52. The van der Waals surface area contributed by atoms with Crippen LogP contribution in [0.4, 0.5) is 11.5 Å². The number of carbonyl (C=O) groups excluding carboxylic acids is 1. The van der Waals surface area contributed by atoms with Crippen molar-refractivity contribution in [2.45, 2.75) is 17.0 Å². The molecule has 0 fully saturated rings. The second kappa shape index (κ2) is 5.75. The van der Waals surface area contributed by atoms with Crippen molar-refractivity contribution in [3.05, 3.63) is 50.3 Å². The molecule has 108 valence electrons. The molecule has 0 unspecified atom stereocenters. The molecule has 3 N–H and O–H groups in total. The SMILES string of the molecule is CC(=O)c1cc(Sc2nc(N)cc(=O)[nH]2)ccc1[N+](=O)[O-]. The first kappa shape index (κ1) is 14.7. The molecule has 0 aliphatic rings. The van der Waals surface area contributed by atoms with Gasteiger partial charge in [-0.1, -0.05) is 11.8 Å². The lowest BCUT2D eigenvalue weighted by Gasteiger charge is -2.04. The fourth-order valence-electron chi connectivity index (χ4n) is 1.63. The van der Waals surface area contributed by atoms with Gasteiger partial charge in [0.15, 0.2) is 10.9 Å². The number of carbonyl (C=O) groups is 1. The molecule has 0 saturated carbocycles. The van der Waals surface area contributed by atoms with E-state index in [0.717, 1.165) is 17.8 Å². The number of nitrogens with zero attached hydrogens (tertiary/aromatic N) is 2. The Morgan fingerprint density at radius 2 is 2.14 bits per heavy atom. The smallest absolute Gasteiger partial charge is 0.280 e. The number of aromatic amines is 1. The number of H-pyrrole nitrogens is 1. The number of anilines is 1. The number of aromatic nitrogens is 2. The van der Waals surface area contributed by atoms with Gasteiger partial charge < -0.3 is 10.7 Å². The number of benzene rings is 1. The molecular formula is C12H10N4O4S. The number of nitro groups is 1. The molecule has 1 aromatic carbocycles. The van der Waals surface area contributed by atoms with Gasteiger partial charge in [0.2, 0.25) is 0 Å². The lowest BCUT2D eigenvalue weighted by Crippen LogP contribution is -2.09. The van der Waals surface area contributed by atoms with Crippen LogP contribution in [-0.2, 0) is 0 Å². The van der Waals surface area contributed by atoms with Crippen LogP contribution in [0.2, 0.25) is 0 Å². The van der Waals surface area contributed by atoms with Gasteiger partial charge in [0.1, 0.15) is 5.82 Å². The van der Waals surface area contributed by atoms with Gasteiger partial charge in [-0.05, 0) is 19.1 Å². The third-order valence-electron chi connectivity index (χ3n) is 2.50. The van der Waals surface area contributed by atoms with Gasteiger partial charge >= 0.3 is 0 Å². The minimum Gasteiger partial charge on any atom is -0.383 e. The molecule has 9 heteroatoms. The van der Waals surface area contributed by atoms with Gasteiger partial charge in [-0.2, -0.15) is 0 Å². The Balaban J connectivity index is 2.41. The third-order valence-corrected chi connectivity index (χ3v) is 3.37. The fraction of sp³-hybridized carbons (Fsp3) is 0.0833. The van der Waals surface area contributed by atoms with Crippen LogP contribution in [0.1, 0.15) is 17.3 Å². The maximum atomic E-state index is 11.5. The largest absolute Gasteiger partial charge is 0.383 e. The summed E-state index contributed by atoms with van der Waals surface area (Å²) in [5.41, 5.74) is 4.80. The maximum Gasteiger partial charge on any atom is 0.280 e. The molecule has 1 aromatic heterocycles. The molecule has 0 bridgehead atoms. The number of hydrogen-bond donors (Lipinski definition) is 2. The van der Waals surface area contributed by atoms with Gasteiger partial charge in [-0.3, -0.25) is 19.7 Å². The van der Waals surface area contributed by atoms with E-state index in [4.69, 9.17) is 5.73 Å². The molecule has 2 rings (SSSR count). The summed E-state index contributed by atoms with van der Waals surface area (Å²) in [7, 11) is 0. The molecular weight excluding hydrogens is 296 g/mol. The number of nitrogens with one attached hydrogen (secondary N) is 1. The number of nitrogens with two attached hydrogens (primary N) is 1. The van der Waals surface area contributed by atoms with Crippen molar-refractivity contribution in [3.8, 4) is 0 Å². The molecule has 0 aliphatic carbocycles. The highest BCUT2D eigenvalue weighted by Crippen LogP contribution is 2.29. The summed E-state index contributed by atoms with van der Waals surface area (Å²) < 4.78 is 0. The van der Waals surface area contributed by atoms with Crippen LogP contribution in [-0.4, -0.2) is 20.7 Å². The van der Waals surface area contributed by atoms with E-state index in [1.165, 1.54) is 25.1 Å². The molecule has 21 heavy (non-hydrogen) atoms. The average Bonchev–Trinajstić information content (AvgIpc) is 2.36. The van der Waals surface area contributed by atoms with E-state index in [-0.39, 0.29) is 22.2 Å². The molecule has 1 heterocycles. The minimum atomic E-state index is -0.619. The van der Waals surface area contributed by atoms with E-state index in [1.807, 2.05) is 0 Å². The second-order valence-corrected chi connectivity index (χ2v) is 5.13. The van der Waals surface area contributed by atoms with Crippen molar-refractivity contribution in [3.63, 3.8) is 0 Å². The lowest BCUT2D eigenvalue weighted by molar-refractivity contribution is -0.385. The van der Waals surface area contributed by atoms with Gasteiger partial charge in [0.05, 0.1) is 10.5 Å². The average molecular weight is 306 g/mol. The Morgan fingerprint density at radius 1 is 1.43 bits per heavy atom. The number of nitrogen functional groups attached to an aromatic ring is 1. The monoisotopic (exact) mass is 306 g/mol. The Bertz CT molecular complexity index is 787. The first-order chi connectivity index (χ1) is 9.86. The summed E-state index contributed by atoms with van der Waals surface area (Å²) >= 11 is 1.05. The topological polar surface area (TPSA) is 132 Å². The van der Waals surface area contributed by atoms with E-state index in [1.54, 1.807) is 0 Å². The van der Waals surface area contributed by atoms with Crippen LogP contribution < -0.4 is 11.3 Å². The van der Waals surface area contributed by atoms with Crippen molar-refractivity contribution >= 4 is 29.1 Å². The van der Waals surface area contributed by atoms with Crippen molar-refractivity contribution in [1.82, 2.24) is 9.97 Å². The Labute approximate surface area is 122 Å². The van der Waals surface area contributed by atoms with Gasteiger partial charge in [-0.25, -0.2) is 4.98 Å². The number of ketones is 1. The van der Waals surface area contributed by atoms with Gasteiger partial charge in [-0.15, -0.1) is 0 Å². The zero-order chi connectivity index (χ0) is 15.6. The quantitative estimate of drug-likeness (QED) is 0.379. The molecule has 0 spiro atoms. The third kappa shape index (κ3) is 3.45. The van der Waals surface area contributed by atoms with Crippen LogP contribution in [0.25, 0.3) is 0 Å². The fourth-order valence-corrected chi connectivity index (χ4v) is 2.47. The summed E-state index contributed by atoms with van der Waals surface area (Å²) in [6.45, 7) is 1.25. The number of nitro benzene ring substituents is 1. The minimum absolute atomic E-state index is 0.00347. The molecule has 0 radical (unpaired) electrons. The normalized spacial score (nSPS) is 10.3. The van der Waals surface area contributed by atoms with Crippen LogP contribution in [0.15, 0.2) is 39.1 Å². The Kier molecular flexibility index (Phi) is 4.03. The van der Waals surface area contributed by atoms with E-state index in [9.17, 15) is 19.7 Å². The molecule has 0 aliphatic heterocycles. The van der Waals surface area contributed by atoms with Crippen LogP contribution in [0.3, 0.4) is 0 Å². The van der Waals surface area contributed by atoms with Crippen molar-refractivity contribution < 1.29 is 9.72 Å². The number of rotatable bonds is 4. The van der Waals surface area contributed by atoms with E-state index >= 15 is 0 Å². The summed E-state index contributed by atoms with van der Waals surface area (Å²) in [5, 5.41) is 11.1. The van der Waals surface area contributed by atoms with Crippen molar-refractivity contribution in [2.75, 3.05) is 5.73 Å². The summed E-state index contributed by atoms with van der Waals surface area (Å²) in [4.78, 5) is 39.9. The zero-order valence-corrected chi connectivity index (χ0v) is 11.6. The first-order valence-electron chi connectivity index (χ1n) is 5.71. The van der Waals surface area contributed by atoms with Crippen LogP contribution in [0.5, 0.6) is 0 Å². The number of Topliss-reactive ketones (excluding diaryl/α,β-unsaturated/α-hetero) is 1. The maximum absolute atomic E-state index is 11.5. The number of hydrogen-bond acceptors (Lipinski definition) is 7. The Morgan fingerprint density at radius 3 is 2.71 bits per heavy atom. The molecule has 0 amide bonds. The highest BCUT2D eigenvalue weighted by Gasteiger charge is 2.18. The predicted octanol–water partition coefficient (Wildman–Crippen LogP) is 1.61.